The van der Waals surface area contributed by atoms with Gasteiger partial charge < -0.3 is 74.2 Å². The maximum atomic E-state index is 14.9. The van der Waals surface area contributed by atoms with Crippen molar-refractivity contribution >= 4 is 104 Å². The summed E-state index contributed by atoms with van der Waals surface area (Å²) in [7, 11) is 2.70. The number of H-pyrrole nitrogens is 2. The fourth-order valence-electron chi connectivity index (χ4n) is 10.4. The molecule has 10 amide bonds. The zero-order valence-corrected chi connectivity index (χ0v) is 49.6. The van der Waals surface area contributed by atoms with Gasteiger partial charge in [0.05, 0.1) is 31.5 Å². The standard InChI is InChI=1S/C56H78N16O9S3/c1-2-3-15-40(64-47(74)19-10-9-18-45-49-44(32-82-45)69-56(81)70-49)53(79)72-22-24-84-83-23-21-71(30-46(57)73)54(80)43(26-35-28-62-38-16-8-7-14-37(35)38)68-50(76)39(17-11-20-61-55(58)59)66-51(77)41(25-34-12-5-4-6-13-34)67-52(78)42(65-48(75)31-72)27-36-29-60-33-63-36/h4-8,12-14,16,28-29,33,39-45,49,62H,2-3,9-11,15,17-27,30-32H2,1H3,(H2,57,73)(H,60,63)(H,64,74)(H,65,75)(H,66,77)(H,67,78)(H,68,76)(H4,58,59,61)(H2,69,70,81)/t39-,40-,41+,42-,43-,44-,45-,49-/m0/s1. The molecular weight excluding hydrogens is 1140 g/mol. The minimum atomic E-state index is -1.35. The molecule has 4 aromatic rings. The number of guanidine groups is 1. The van der Waals surface area contributed by atoms with Crippen LogP contribution in [0.15, 0.2) is 78.3 Å². The van der Waals surface area contributed by atoms with Crippen molar-refractivity contribution in [1.82, 2.24) is 62.0 Å². The minimum Gasteiger partial charge on any atom is -0.370 e. The highest BCUT2D eigenvalue weighted by atomic mass is 33.1. The Morgan fingerprint density at radius 2 is 1.48 bits per heavy atom. The third-order valence-corrected chi connectivity index (χ3v) is 18.5. The van der Waals surface area contributed by atoms with Crippen molar-refractivity contribution in [2.24, 2.45) is 22.2 Å². The molecule has 0 bridgehead atoms. The predicted molar refractivity (Wildman–Crippen MR) is 325 cm³/mol. The van der Waals surface area contributed by atoms with Gasteiger partial charge >= 0.3 is 6.03 Å². The van der Waals surface area contributed by atoms with Crippen LogP contribution >= 0.6 is 33.3 Å². The molecule has 3 saturated heterocycles. The lowest BCUT2D eigenvalue weighted by Crippen LogP contribution is -2.60. The molecule has 2 aromatic heterocycles. The summed E-state index contributed by atoms with van der Waals surface area (Å²) in [6.07, 6.45) is 8.52. The number of aliphatic imine (C=N–C) groups is 1. The largest absolute Gasteiger partial charge is 0.370 e. The number of imidazole rings is 1. The molecule has 3 aliphatic rings. The third-order valence-electron chi connectivity index (χ3n) is 14.7. The topological polar surface area (TPSA) is 379 Å². The maximum Gasteiger partial charge on any atom is 0.315 e. The molecule has 3 fully saturated rings. The Labute approximate surface area is 500 Å². The number of unbranched alkanes of at least 4 members (excludes halogenated alkanes) is 2. The zero-order chi connectivity index (χ0) is 60.0. The number of aromatic nitrogens is 3. The van der Waals surface area contributed by atoms with Gasteiger partial charge in [-0.1, -0.05) is 96.3 Å². The van der Waals surface area contributed by atoms with E-state index < -0.39 is 84.6 Å². The lowest BCUT2D eigenvalue weighted by molar-refractivity contribution is -0.140. The first kappa shape index (κ1) is 64.1. The van der Waals surface area contributed by atoms with Gasteiger partial charge in [-0.2, -0.15) is 11.8 Å². The molecule has 8 atom stereocenters. The normalized spacial score (nSPS) is 22.7. The van der Waals surface area contributed by atoms with Crippen LogP contribution in [0.3, 0.4) is 0 Å². The second-order valence-electron chi connectivity index (χ2n) is 21.0. The summed E-state index contributed by atoms with van der Waals surface area (Å²) in [5.41, 5.74) is 19.6. The second kappa shape index (κ2) is 32.6. The number of carbonyl (C=O) groups is 9. The summed E-state index contributed by atoms with van der Waals surface area (Å²) in [6.45, 7) is 1.11. The third kappa shape index (κ3) is 19.6. The van der Waals surface area contributed by atoms with E-state index in [0.29, 0.717) is 36.1 Å². The highest BCUT2D eigenvalue weighted by Gasteiger charge is 2.43. The fourth-order valence-corrected chi connectivity index (χ4v) is 13.9. The van der Waals surface area contributed by atoms with Gasteiger partial charge in [-0.25, -0.2) is 9.78 Å². The molecule has 15 N–H and O–H groups in total. The van der Waals surface area contributed by atoms with Gasteiger partial charge in [0.1, 0.15) is 30.2 Å². The van der Waals surface area contributed by atoms with Crippen LogP contribution in [-0.2, 0) is 57.6 Å². The molecule has 7 rings (SSSR count). The average molecular weight is 1220 g/mol. The van der Waals surface area contributed by atoms with E-state index in [1.165, 1.54) is 43.9 Å². The summed E-state index contributed by atoms with van der Waals surface area (Å²) in [5.74, 6) is -4.01. The monoisotopic (exact) mass is 1210 g/mol. The van der Waals surface area contributed by atoms with Gasteiger partial charge in [0.2, 0.25) is 47.3 Å². The summed E-state index contributed by atoms with van der Waals surface area (Å²) in [6, 6.07) is 10.0. The minimum absolute atomic E-state index is 0.0154. The molecular formula is C56H78N16O9S3. The Morgan fingerprint density at radius 3 is 2.21 bits per heavy atom. The number of aromatic amines is 2. The lowest BCUT2D eigenvalue weighted by atomic mass is 10.0. The van der Waals surface area contributed by atoms with E-state index in [-0.39, 0.29) is 105 Å². The Morgan fingerprint density at radius 1 is 0.762 bits per heavy atom. The molecule has 0 unspecified atom stereocenters. The van der Waals surface area contributed by atoms with Crippen LogP contribution < -0.4 is 54.4 Å². The van der Waals surface area contributed by atoms with Crippen LogP contribution in [0.1, 0.15) is 81.5 Å². The van der Waals surface area contributed by atoms with E-state index in [1.54, 1.807) is 48.3 Å². The van der Waals surface area contributed by atoms with Crippen LogP contribution in [0.25, 0.3) is 10.9 Å². The van der Waals surface area contributed by atoms with Crippen LogP contribution in [0, 0.1) is 0 Å². The van der Waals surface area contributed by atoms with E-state index >= 15 is 0 Å². The van der Waals surface area contributed by atoms with Crippen LogP contribution in [0.5, 0.6) is 0 Å². The number of rotatable bonds is 22. The number of urea groups is 1. The molecule has 28 heteroatoms. The van der Waals surface area contributed by atoms with Crippen molar-refractivity contribution in [3.05, 3.63) is 90.1 Å². The fraction of sp³-hybridized carbons (Fsp3) is 0.518. The molecule has 0 radical (unpaired) electrons. The van der Waals surface area contributed by atoms with E-state index in [0.717, 1.165) is 35.9 Å². The van der Waals surface area contributed by atoms with Crippen molar-refractivity contribution in [3.63, 3.8) is 0 Å². The second-order valence-corrected chi connectivity index (χ2v) is 25.0. The predicted octanol–water partition coefficient (Wildman–Crippen LogP) is 0.850. The van der Waals surface area contributed by atoms with E-state index in [4.69, 9.17) is 17.2 Å². The lowest BCUT2D eigenvalue weighted by Gasteiger charge is -2.30. The van der Waals surface area contributed by atoms with Gasteiger partial charge in [-0.15, -0.1) is 0 Å². The van der Waals surface area contributed by atoms with Gasteiger partial charge in [-0.3, -0.25) is 43.3 Å². The van der Waals surface area contributed by atoms with E-state index in [9.17, 15) is 43.2 Å². The van der Waals surface area contributed by atoms with Crippen molar-refractivity contribution in [1.29, 1.82) is 0 Å². The molecule has 2 aromatic carbocycles. The number of fused-ring (bicyclic) bond motifs is 2. The smallest absolute Gasteiger partial charge is 0.315 e. The van der Waals surface area contributed by atoms with Crippen molar-refractivity contribution < 1.29 is 43.2 Å². The summed E-state index contributed by atoms with van der Waals surface area (Å²) in [4.78, 5) is 144. The number of thioether (sulfide) groups is 1. The van der Waals surface area contributed by atoms with Crippen molar-refractivity contribution in [3.8, 4) is 0 Å². The number of benzene rings is 2. The molecule has 5 heterocycles. The molecule has 0 aliphatic carbocycles. The van der Waals surface area contributed by atoms with Crippen molar-refractivity contribution in [2.75, 3.05) is 50.0 Å². The van der Waals surface area contributed by atoms with Gasteiger partial charge in [0, 0.05) is 96.8 Å². The highest BCUT2D eigenvalue weighted by Crippen LogP contribution is 2.33. The van der Waals surface area contributed by atoms with Gasteiger partial charge in [0.15, 0.2) is 5.96 Å². The summed E-state index contributed by atoms with van der Waals surface area (Å²) < 4.78 is 0. The van der Waals surface area contributed by atoms with Crippen molar-refractivity contribution in [2.45, 2.75) is 132 Å². The SMILES string of the molecule is CCCC[C@H](NC(=O)CCCC[C@@H]1SC[C@@H]2NC(=O)N[C@@H]21)C(=O)N1CCSSCCN(CC(N)=O)C(=O)[C@H](Cc2c[nH]c3ccccc23)NC(=O)[C@H](CCCN=C(N)N)NC(=O)[C@@H](Cc2ccccc2)NC(=O)[C@H](Cc2cnc[nH]2)NC(=O)C1. The number of nitrogens with one attached hydrogen (secondary N) is 9. The number of amides is 10. The molecule has 0 spiro atoms. The number of nitrogens with two attached hydrogens (primary N) is 3. The average Bonchev–Trinajstić information content (AvgIpc) is 4.31. The first-order valence-electron chi connectivity index (χ1n) is 28.4. The number of nitrogens with zero attached hydrogens (tertiary/aromatic N) is 4. The first-order chi connectivity index (χ1) is 40.5. The number of hydrogen-bond donors (Lipinski definition) is 12. The van der Waals surface area contributed by atoms with E-state index in [2.05, 4.69) is 57.2 Å². The molecule has 25 nitrogen and oxygen atoms in total. The summed E-state index contributed by atoms with van der Waals surface area (Å²) >= 11 is 1.80. The summed E-state index contributed by atoms with van der Waals surface area (Å²) in [5, 5.41) is 21.3. The Kier molecular flexibility index (Phi) is 24.8. The van der Waals surface area contributed by atoms with Crippen LogP contribution in [-0.4, -0.2) is 182 Å². The van der Waals surface area contributed by atoms with Crippen LogP contribution in [0.4, 0.5) is 4.79 Å². The van der Waals surface area contributed by atoms with Gasteiger partial charge in [-0.05, 0) is 49.3 Å². The first-order valence-corrected chi connectivity index (χ1v) is 32.0. The molecule has 3 aliphatic heterocycles. The number of hydrogen-bond acceptors (Lipinski definition) is 14. The van der Waals surface area contributed by atoms with Crippen LogP contribution in [0.2, 0.25) is 0 Å². The number of carbonyl (C=O) groups excluding carboxylic acids is 9. The molecule has 454 valence electrons. The number of primary amides is 1. The maximum absolute atomic E-state index is 14.9. The molecule has 0 saturated carbocycles. The Hall–Kier alpha value is -7.46. The van der Waals surface area contributed by atoms with E-state index in [1.807, 2.05) is 31.2 Å². The zero-order valence-electron chi connectivity index (χ0n) is 47.1. The number of para-hydroxylation sites is 1. The molecule has 84 heavy (non-hydrogen) atoms. The Bertz CT molecular complexity index is 2910. The Balaban J connectivity index is 1.17. The van der Waals surface area contributed by atoms with Gasteiger partial charge in [0.25, 0.3) is 0 Å². The highest BCUT2D eigenvalue weighted by molar-refractivity contribution is 8.76. The quantitative estimate of drug-likeness (QED) is 0.0171.